The van der Waals surface area contributed by atoms with Crippen LogP contribution in [0, 0.1) is 12.3 Å². The summed E-state index contributed by atoms with van der Waals surface area (Å²) in [4.78, 5) is 14.0. The fourth-order valence-electron chi connectivity index (χ4n) is 3.27. The lowest BCUT2D eigenvalue weighted by Gasteiger charge is -2.43. The molecule has 2 saturated heterocycles. The fourth-order valence-corrected chi connectivity index (χ4v) is 3.27. The van der Waals surface area contributed by atoms with Crippen LogP contribution in [0.15, 0.2) is 0 Å². The van der Waals surface area contributed by atoms with E-state index in [9.17, 15) is 9.90 Å². The van der Waals surface area contributed by atoms with Crippen LogP contribution in [0.2, 0.25) is 0 Å². The Bertz CT molecular complexity index is 391. The fraction of sp³-hybridized carbons (Fsp3) is 0.800. The Kier molecular flexibility index (Phi) is 3.53. The second-order valence-corrected chi connectivity index (χ2v) is 6.79. The van der Waals surface area contributed by atoms with E-state index in [-0.39, 0.29) is 18.2 Å². The number of terminal acetylenes is 1. The molecule has 4 nitrogen and oxygen atoms in total. The monoisotopic (exact) mass is 265 g/mol. The molecule has 2 rings (SSSR count). The van der Waals surface area contributed by atoms with Gasteiger partial charge in [0.25, 0.3) is 0 Å². The first-order valence-corrected chi connectivity index (χ1v) is 6.91. The van der Waals surface area contributed by atoms with Crippen LogP contribution in [0.25, 0.3) is 0 Å². The smallest absolute Gasteiger partial charge is 0.410 e. The third-order valence-electron chi connectivity index (χ3n) is 3.89. The number of carbonyl (C=O) groups is 1. The van der Waals surface area contributed by atoms with E-state index in [2.05, 4.69) is 5.92 Å². The molecule has 106 valence electrons. The number of nitrogens with zero attached hydrogens (tertiary/aromatic N) is 1. The van der Waals surface area contributed by atoms with Crippen LogP contribution in [0.1, 0.15) is 52.9 Å². The molecule has 2 aliphatic heterocycles. The lowest BCUT2D eigenvalue weighted by molar-refractivity contribution is -0.0554. The van der Waals surface area contributed by atoms with Crippen LogP contribution < -0.4 is 0 Å². The minimum Gasteiger partial charge on any atom is -0.444 e. The molecule has 19 heavy (non-hydrogen) atoms. The average Bonchev–Trinajstić information content (AvgIpc) is 2.50. The number of fused-ring (bicyclic) bond motifs is 2. The van der Waals surface area contributed by atoms with Crippen molar-refractivity contribution in [1.29, 1.82) is 0 Å². The van der Waals surface area contributed by atoms with Gasteiger partial charge in [-0.1, -0.05) is 0 Å². The third kappa shape index (κ3) is 3.03. The lowest BCUT2D eigenvalue weighted by Crippen LogP contribution is -2.54. The van der Waals surface area contributed by atoms with E-state index in [0.29, 0.717) is 19.3 Å². The molecule has 0 aromatic heterocycles. The Morgan fingerprint density at radius 3 is 2.37 bits per heavy atom. The Morgan fingerprint density at radius 2 is 1.95 bits per heavy atom. The number of carbonyl (C=O) groups excluding carboxylic acids is 1. The van der Waals surface area contributed by atoms with E-state index < -0.39 is 11.2 Å². The normalized spacial score (nSPS) is 33.9. The summed E-state index contributed by atoms with van der Waals surface area (Å²) in [6.45, 7) is 5.60. The highest BCUT2D eigenvalue weighted by Crippen LogP contribution is 2.42. The zero-order chi connectivity index (χ0) is 14.3. The highest BCUT2D eigenvalue weighted by molar-refractivity contribution is 5.69. The van der Waals surface area contributed by atoms with E-state index in [1.807, 2.05) is 25.7 Å². The van der Waals surface area contributed by atoms with Gasteiger partial charge in [0.05, 0.1) is 5.60 Å². The van der Waals surface area contributed by atoms with E-state index in [1.165, 1.54) is 0 Å². The molecular formula is C15H23NO3. The zero-order valence-corrected chi connectivity index (χ0v) is 12.0. The predicted molar refractivity (Wildman–Crippen MR) is 72.5 cm³/mol. The van der Waals surface area contributed by atoms with Crippen LogP contribution in [-0.4, -0.2) is 39.4 Å². The maximum absolute atomic E-state index is 12.2. The van der Waals surface area contributed by atoms with E-state index >= 15 is 0 Å². The highest BCUT2D eigenvalue weighted by atomic mass is 16.6. The van der Waals surface area contributed by atoms with Crippen molar-refractivity contribution in [2.45, 2.75) is 76.2 Å². The van der Waals surface area contributed by atoms with Crippen LogP contribution in [0.4, 0.5) is 4.79 Å². The number of aliphatic hydroxyl groups is 1. The van der Waals surface area contributed by atoms with Gasteiger partial charge in [-0.25, -0.2) is 4.79 Å². The number of rotatable bonds is 1. The summed E-state index contributed by atoms with van der Waals surface area (Å²) in [6, 6.07) is 0.124. The summed E-state index contributed by atoms with van der Waals surface area (Å²) in [5.74, 6) is 2.54. The first kappa shape index (κ1) is 14.2. The second kappa shape index (κ2) is 4.72. The van der Waals surface area contributed by atoms with Gasteiger partial charge in [-0.15, -0.1) is 12.3 Å². The van der Waals surface area contributed by atoms with Gasteiger partial charge in [0.1, 0.15) is 5.60 Å². The quantitative estimate of drug-likeness (QED) is 0.740. The van der Waals surface area contributed by atoms with Crippen LogP contribution in [0.5, 0.6) is 0 Å². The molecular weight excluding hydrogens is 242 g/mol. The Hall–Kier alpha value is -1.21. The molecule has 2 unspecified atom stereocenters. The van der Waals surface area contributed by atoms with Crippen molar-refractivity contribution in [3.05, 3.63) is 0 Å². The molecule has 0 radical (unpaired) electrons. The largest absolute Gasteiger partial charge is 0.444 e. The van der Waals surface area contributed by atoms with Crippen molar-refractivity contribution in [3.63, 3.8) is 0 Å². The summed E-state index contributed by atoms with van der Waals surface area (Å²) >= 11 is 0. The molecule has 0 aromatic rings. The molecule has 2 aliphatic rings. The Balaban J connectivity index is 2.08. The molecule has 0 spiro atoms. The summed E-state index contributed by atoms with van der Waals surface area (Å²) in [5.41, 5.74) is -1.29. The van der Waals surface area contributed by atoms with Gasteiger partial charge in [-0.3, -0.25) is 0 Å². The summed E-state index contributed by atoms with van der Waals surface area (Å²) in [5, 5.41) is 10.5. The maximum atomic E-state index is 12.2. The van der Waals surface area contributed by atoms with Crippen LogP contribution >= 0.6 is 0 Å². The number of piperidine rings is 1. The third-order valence-corrected chi connectivity index (χ3v) is 3.89. The van der Waals surface area contributed by atoms with Crippen LogP contribution in [-0.2, 0) is 4.74 Å². The Morgan fingerprint density at radius 1 is 1.42 bits per heavy atom. The standard InChI is InChI=1S/C15H23NO3/c1-5-8-15(18)9-11-6-7-12(10-15)16(11)13(17)19-14(2,3)4/h1,11-12,18H,6-10H2,2-4H3. The van der Waals surface area contributed by atoms with Gasteiger partial charge in [0, 0.05) is 18.5 Å². The first-order valence-electron chi connectivity index (χ1n) is 6.91. The summed E-state index contributed by atoms with van der Waals surface area (Å²) < 4.78 is 5.45. The summed E-state index contributed by atoms with van der Waals surface area (Å²) in [7, 11) is 0. The molecule has 1 amide bonds. The molecule has 2 bridgehead atoms. The molecule has 0 aliphatic carbocycles. The highest BCUT2D eigenvalue weighted by Gasteiger charge is 2.50. The number of amides is 1. The Labute approximate surface area is 115 Å². The van der Waals surface area contributed by atoms with Crippen molar-refractivity contribution >= 4 is 6.09 Å². The molecule has 0 aromatic carbocycles. The molecule has 2 heterocycles. The maximum Gasteiger partial charge on any atom is 0.410 e. The van der Waals surface area contributed by atoms with Gasteiger partial charge in [0.15, 0.2) is 0 Å². The van der Waals surface area contributed by atoms with Crippen molar-refractivity contribution in [2.75, 3.05) is 0 Å². The van der Waals surface area contributed by atoms with Crippen molar-refractivity contribution in [1.82, 2.24) is 4.90 Å². The van der Waals surface area contributed by atoms with Crippen LogP contribution in [0.3, 0.4) is 0 Å². The molecule has 2 atom stereocenters. The van der Waals surface area contributed by atoms with Crippen molar-refractivity contribution < 1.29 is 14.6 Å². The predicted octanol–water partition coefficient (Wildman–Crippen LogP) is 2.30. The first-order chi connectivity index (χ1) is 8.74. The average molecular weight is 265 g/mol. The minimum absolute atomic E-state index is 0.0620. The molecule has 4 heteroatoms. The topological polar surface area (TPSA) is 49.8 Å². The molecule has 2 fully saturated rings. The second-order valence-electron chi connectivity index (χ2n) is 6.79. The van der Waals surface area contributed by atoms with Gasteiger partial charge >= 0.3 is 6.09 Å². The van der Waals surface area contributed by atoms with Crippen molar-refractivity contribution in [3.8, 4) is 12.3 Å². The molecule has 1 N–H and O–H groups in total. The minimum atomic E-state index is -0.806. The summed E-state index contributed by atoms with van der Waals surface area (Å²) in [6.07, 6.45) is 8.40. The van der Waals surface area contributed by atoms with E-state index in [4.69, 9.17) is 11.2 Å². The zero-order valence-electron chi connectivity index (χ0n) is 12.0. The van der Waals surface area contributed by atoms with Gasteiger partial charge in [-0.05, 0) is 46.5 Å². The van der Waals surface area contributed by atoms with Gasteiger partial charge in [-0.2, -0.15) is 0 Å². The SMILES string of the molecule is C#CCC1(O)CC2CCC(C1)N2C(=O)OC(C)(C)C. The lowest BCUT2D eigenvalue weighted by atomic mass is 9.84. The number of hydrogen-bond donors (Lipinski definition) is 1. The van der Waals surface area contributed by atoms with Crippen molar-refractivity contribution in [2.24, 2.45) is 0 Å². The molecule has 0 saturated carbocycles. The van der Waals surface area contributed by atoms with Gasteiger partial charge < -0.3 is 14.7 Å². The number of ether oxygens (including phenoxy) is 1. The number of hydrogen-bond acceptors (Lipinski definition) is 3. The van der Waals surface area contributed by atoms with E-state index in [0.717, 1.165) is 12.8 Å². The van der Waals surface area contributed by atoms with E-state index in [1.54, 1.807) is 0 Å². The van der Waals surface area contributed by atoms with Gasteiger partial charge in [0.2, 0.25) is 0 Å².